The van der Waals surface area contributed by atoms with Gasteiger partial charge in [0.05, 0.1) is 5.69 Å². The van der Waals surface area contributed by atoms with Gasteiger partial charge in [-0.1, -0.05) is 27.7 Å². The summed E-state index contributed by atoms with van der Waals surface area (Å²) in [6.07, 6.45) is 1.80. The van der Waals surface area contributed by atoms with Gasteiger partial charge in [-0.05, 0) is 24.2 Å². The molecule has 6 heteroatoms. The lowest BCUT2D eigenvalue weighted by atomic mass is 9.80. The lowest BCUT2D eigenvalue weighted by Crippen LogP contribution is -2.23. The Kier molecular flexibility index (Phi) is 6.33. The number of anilines is 1. The van der Waals surface area contributed by atoms with Crippen molar-refractivity contribution in [1.29, 1.82) is 0 Å². The first-order valence-corrected chi connectivity index (χ1v) is 8.02. The molecule has 0 aliphatic rings. The largest absolute Gasteiger partial charge is 0.481 e. The zero-order valence-corrected chi connectivity index (χ0v) is 13.9. The summed E-state index contributed by atoms with van der Waals surface area (Å²) in [6.45, 7) is 8.43. The predicted octanol–water partition coefficient (Wildman–Crippen LogP) is 3.56. The molecule has 0 bridgehead atoms. The number of hydrogen-bond donors (Lipinski definition) is 2. The number of carboxylic acids is 1. The van der Waals surface area contributed by atoms with E-state index in [4.69, 9.17) is 5.11 Å². The molecule has 1 unspecified atom stereocenters. The summed E-state index contributed by atoms with van der Waals surface area (Å²) in [7, 11) is 0. The highest BCUT2D eigenvalue weighted by Gasteiger charge is 2.22. The van der Waals surface area contributed by atoms with Gasteiger partial charge in [0.25, 0.3) is 0 Å². The molecule has 1 rings (SSSR count). The molecule has 0 saturated heterocycles. The van der Waals surface area contributed by atoms with Gasteiger partial charge in [-0.15, -0.1) is 11.3 Å². The van der Waals surface area contributed by atoms with Crippen LogP contribution in [0.2, 0.25) is 0 Å². The van der Waals surface area contributed by atoms with Crippen molar-refractivity contribution in [3.63, 3.8) is 0 Å². The molecule has 21 heavy (non-hydrogen) atoms. The summed E-state index contributed by atoms with van der Waals surface area (Å²) < 4.78 is 0. The maximum absolute atomic E-state index is 12.0. The van der Waals surface area contributed by atoms with Crippen LogP contribution in [-0.4, -0.2) is 22.0 Å². The SMILES string of the molecule is CC(CC(=O)Nc1nc(CCCC(=O)O)cs1)C(C)(C)C. The van der Waals surface area contributed by atoms with Gasteiger partial charge >= 0.3 is 5.97 Å². The molecule has 5 nitrogen and oxygen atoms in total. The minimum absolute atomic E-state index is 0.0242. The van der Waals surface area contributed by atoms with E-state index in [-0.39, 0.29) is 23.7 Å². The number of rotatable bonds is 7. The average Bonchev–Trinajstić information content (AvgIpc) is 2.74. The Labute approximate surface area is 129 Å². The minimum Gasteiger partial charge on any atom is -0.481 e. The number of carbonyl (C=O) groups is 2. The molecule has 0 radical (unpaired) electrons. The van der Waals surface area contributed by atoms with Gasteiger partial charge in [-0.25, -0.2) is 4.98 Å². The van der Waals surface area contributed by atoms with Crippen molar-refractivity contribution in [2.45, 2.75) is 53.4 Å². The zero-order chi connectivity index (χ0) is 16.0. The third-order valence-electron chi connectivity index (χ3n) is 3.59. The number of aliphatic carboxylic acids is 1. The molecule has 0 spiro atoms. The number of nitrogens with zero attached hydrogens (tertiary/aromatic N) is 1. The molecular formula is C15H24N2O3S. The molecule has 0 aromatic carbocycles. The number of thiazole rings is 1. The number of aromatic nitrogens is 1. The second kappa shape index (κ2) is 7.54. The van der Waals surface area contributed by atoms with Crippen molar-refractivity contribution in [2.75, 3.05) is 5.32 Å². The van der Waals surface area contributed by atoms with E-state index in [2.05, 4.69) is 38.0 Å². The van der Waals surface area contributed by atoms with E-state index in [9.17, 15) is 9.59 Å². The van der Waals surface area contributed by atoms with Crippen molar-refractivity contribution >= 4 is 28.3 Å². The Hall–Kier alpha value is -1.43. The van der Waals surface area contributed by atoms with Crippen LogP contribution >= 0.6 is 11.3 Å². The predicted molar refractivity (Wildman–Crippen MR) is 84.6 cm³/mol. The summed E-state index contributed by atoms with van der Waals surface area (Å²) in [4.78, 5) is 26.7. The zero-order valence-electron chi connectivity index (χ0n) is 13.1. The van der Waals surface area contributed by atoms with Crippen LogP contribution in [0.4, 0.5) is 5.13 Å². The highest BCUT2D eigenvalue weighted by Crippen LogP contribution is 2.28. The van der Waals surface area contributed by atoms with Gasteiger partial charge < -0.3 is 10.4 Å². The molecule has 1 heterocycles. The van der Waals surface area contributed by atoms with Crippen molar-refractivity contribution in [1.82, 2.24) is 4.98 Å². The van der Waals surface area contributed by atoms with E-state index >= 15 is 0 Å². The summed E-state index contributed by atoms with van der Waals surface area (Å²) >= 11 is 1.38. The lowest BCUT2D eigenvalue weighted by molar-refractivity contribution is -0.137. The number of nitrogens with one attached hydrogen (secondary N) is 1. The maximum atomic E-state index is 12.0. The average molecular weight is 312 g/mol. The van der Waals surface area contributed by atoms with Crippen LogP contribution in [0, 0.1) is 11.3 Å². The standard InChI is InChI=1S/C15H24N2O3S/c1-10(15(2,3)4)8-12(18)17-14-16-11(9-21-14)6-5-7-13(19)20/h9-10H,5-8H2,1-4H3,(H,19,20)(H,16,17,18). The second-order valence-electron chi connectivity index (χ2n) is 6.41. The highest BCUT2D eigenvalue weighted by molar-refractivity contribution is 7.13. The van der Waals surface area contributed by atoms with Gasteiger partial charge in [0, 0.05) is 18.2 Å². The molecule has 1 amide bonds. The lowest BCUT2D eigenvalue weighted by Gasteiger charge is -2.26. The minimum atomic E-state index is -0.796. The molecule has 0 saturated carbocycles. The molecule has 2 N–H and O–H groups in total. The molecule has 1 aromatic rings. The summed E-state index contributed by atoms with van der Waals surface area (Å²) in [6, 6.07) is 0. The van der Waals surface area contributed by atoms with Gasteiger partial charge in [0.15, 0.2) is 5.13 Å². The maximum Gasteiger partial charge on any atom is 0.303 e. The van der Waals surface area contributed by atoms with E-state index < -0.39 is 5.97 Å². The van der Waals surface area contributed by atoms with Crippen LogP contribution in [-0.2, 0) is 16.0 Å². The number of carbonyl (C=O) groups excluding carboxylic acids is 1. The fraction of sp³-hybridized carbons (Fsp3) is 0.667. The van der Waals surface area contributed by atoms with E-state index in [0.717, 1.165) is 5.69 Å². The molecule has 1 atom stereocenters. The fourth-order valence-corrected chi connectivity index (χ4v) is 2.42. The Balaban J connectivity index is 2.43. The van der Waals surface area contributed by atoms with Crippen LogP contribution < -0.4 is 5.32 Å². The van der Waals surface area contributed by atoms with Crippen LogP contribution in [0.1, 0.15) is 52.7 Å². The van der Waals surface area contributed by atoms with Crippen molar-refractivity contribution < 1.29 is 14.7 Å². The summed E-state index contributed by atoms with van der Waals surface area (Å²) in [5.74, 6) is -0.536. The Morgan fingerprint density at radius 1 is 1.43 bits per heavy atom. The molecule has 0 aliphatic carbocycles. The quantitative estimate of drug-likeness (QED) is 0.807. The van der Waals surface area contributed by atoms with E-state index in [1.54, 1.807) is 0 Å². The molecular weight excluding hydrogens is 288 g/mol. The van der Waals surface area contributed by atoms with Gasteiger partial charge in [0.1, 0.15) is 0 Å². The first-order chi connectivity index (χ1) is 9.68. The van der Waals surface area contributed by atoms with Gasteiger partial charge in [-0.3, -0.25) is 9.59 Å². The fourth-order valence-electron chi connectivity index (χ4n) is 1.65. The molecule has 0 aliphatic heterocycles. The smallest absolute Gasteiger partial charge is 0.303 e. The van der Waals surface area contributed by atoms with Crippen molar-refractivity contribution in [3.8, 4) is 0 Å². The van der Waals surface area contributed by atoms with E-state index in [1.807, 2.05) is 5.38 Å². The molecule has 1 aromatic heterocycles. The van der Waals surface area contributed by atoms with Crippen LogP contribution in [0.5, 0.6) is 0 Å². The van der Waals surface area contributed by atoms with Gasteiger partial charge in [0.2, 0.25) is 5.91 Å². The first kappa shape index (κ1) is 17.6. The second-order valence-corrected chi connectivity index (χ2v) is 7.27. The summed E-state index contributed by atoms with van der Waals surface area (Å²) in [5, 5.41) is 13.9. The molecule has 0 fully saturated rings. The first-order valence-electron chi connectivity index (χ1n) is 7.14. The van der Waals surface area contributed by atoms with Crippen molar-refractivity contribution in [3.05, 3.63) is 11.1 Å². The summed E-state index contributed by atoms with van der Waals surface area (Å²) in [5.41, 5.74) is 0.933. The Morgan fingerprint density at radius 2 is 2.10 bits per heavy atom. The topological polar surface area (TPSA) is 79.3 Å². The van der Waals surface area contributed by atoms with E-state index in [0.29, 0.717) is 24.4 Å². The van der Waals surface area contributed by atoms with E-state index in [1.165, 1.54) is 11.3 Å². The Morgan fingerprint density at radius 3 is 2.67 bits per heavy atom. The third kappa shape index (κ3) is 6.71. The van der Waals surface area contributed by atoms with Crippen LogP contribution in [0.15, 0.2) is 5.38 Å². The van der Waals surface area contributed by atoms with Crippen LogP contribution in [0.25, 0.3) is 0 Å². The monoisotopic (exact) mass is 312 g/mol. The Bertz CT molecular complexity index is 491. The number of amides is 1. The highest BCUT2D eigenvalue weighted by atomic mass is 32.1. The number of hydrogen-bond acceptors (Lipinski definition) is 4. The number of aryl methyl sites for hydroxylation is 1. The molecule has 118 valence electrons. The number of carboxylic acid groups (broad SMARTS) is 1. The van der Waals surface area contributed by atoms with Gasteiger partial charge in [-0.2, -0.15) is 0 Å². The normalized spacial score (nSPS) is 13.0. The van der Waals surface area contributed by atoms with Crippen LogP contribution in [0.3, 0.4) is 0 Å². The van der Waals surface area contributed by atoms with Crippen molar-refractivity contribution in [2.24, 2.45) is 11.3 Å². The third-order valence-corrected chi connectivity index (χ3v) is 4.40.